The lowest BCUT2D eigenvalue weighted by Gasteiger charge is -2.40. The van der Waals surface area contributed by atoms with E-state index in [0.717, 1.165) is 16.7 Å². The minimum atomic E-state index is -2.79. The van der Waals surface area contributed by atoms with Gasteiger partial charge in [0.1, 0.15) is 11.5 Å². The number of halogens is 2. The number of amides is 1. The van der Waals surface area contributed by atoms with Crippen molar-refractivity contribution in [3.63, 3.8) is 0 Å². The minimum absolute atomic E-state index is 0.101. The first-order valence-electron chi connectivity index (χ1n) is 9.72. The number of hydrogen-bond acceptors (Lipinski definition) is 5. The Morgan fingerprint density at radius 3 is 2.52 bits per heavy atom. The maximum Gasteiger partial charge on any atom is 0.419 e. The fraction of sp³-hybridized carbons (Fsp3) is 0.318. The van der Waals surface area contributed by atoms with E-state index in [4.69, 9.17) is 4.42 Å². The average molecular weight is 426 g/mol. The van der Waals surface area contributed by atoms with E-state index in [1.165, 1.54) is 4.57 Å². The van der Waals surface area contributed by atoms with Crippen LogP contribution in [0.5, 0.6) is 0 Å². The first-order valence-corrected chi connectivity index (χ1v) is 9.72. The number of aromatic nitrogens is 1. The molecule has 0 aliphatic carbocycles. The Kier molecular flexibility index (Phi) is 5.33. The monoisotopic (exact) mass is 426 g/mol. The molecule has 0 saturated carbocycles. The van der Waals surface area contributed by atoms with Crippen LogP contribution >= 0.6 is 0 Å². The van der Waals surface area contributed by atoms with Gasteiger partial charge in [-0.3, -0.25) is 9.36 Å². The van der Waals surface area contributed by atoms with Crippen LogP contribution in [0.15, 0.2) is 51.7 Å². The summed E-state index contributed by atoms with van der Waals surface area (Å²) in [5, 5.41) is 14.5. The Labute approximate surface area is 176 Å². The van der Waals surface area contributed by atoms with Gasteiger partial charge >= 0.3 is 5.76 Å². The first-order chi connectivity index (χ1) is 14.8. The van der Waals surface area contributed by atoms with Gasteiger partial charge in [-0.05, 0) is 28.8 Å². The van der Waals surface area contributed by atoms with Crippen LogP contribution in [-0.4, -0.2) is 36.0 Å². The molecule has 160 valence electrons. The molecule has 1 aliphatic heterocycles. The minimum Gasteiger partial charge on any atom is -0.408 e. The quantitative estimate of drug-likeness (QED) is 0.630. The van der Waals surface area contributed by atoms with Gasteiger partial charge in [0, 0.05) is 26.6 Å². The number of rotatable bonds is 6. The largest absolute Gasteiger partial charge is 0.419 e. The molecule has 1 saturated heterocycles. The zero-order valence-corrected chi connectivity index (χ0v) is 16.7. The van der Waals surface area contributed by atoms with Crippen molar-refractivity contribution in [2.75, 3.05) is 13.1 Å². The van der Waals surface area contributed by atoms with Crippen LogP contribution in [0.2, 0.25) is 0 Å². The maximum atomic E-state index is 13.3. The summed E-state index contributed by atoms with van der Waals surface area (Å²) in [6.07, 6.45) is -2.59. The van der Waals surface area contributed by atoms with Gasteiger partial charge in [-0.15, -0.1) is 0 Å². The molecule has 0 spiro atoms. The van der Waals surface area contributed by atoms with Gasteiger partial charge in [-0.25, -0.2) is 13.6 Å². The molecule has 1 amide bonds. The van der Waals surface area contributed by atoms with Crippen molar-refractivity contribution in [3.05, 3.63) is 58.6 Å². The van der Waals surface area contributed by atoms with E-state index in [2.05, 4.69) is 10.6 Å². The van der Waals surface area contributed by atoms with Crippen molar-refractivity contribution in [2.45, 2.75) is 18.9 Å². The predicted octanol–water partition coefficient (Wildman–Crippen LogP) is 2.20. The molecular formula is C22H20F2N4O3. The molecule has 1 fully saturated rings. The van der Waals surface area contributed by atoms with Crippen LogP contribution in [0.4, 0.5) is 8.78 Å². The third-order valence-electron chi connectivity index (χ3n) is 5.73. The van der Waals surface area contributed by atoms with E-state index in [9.17, 15) is 23.6 Å². The average Bonchev–Trinajstić information content (AvgIpc) is 3.00. The molecular weight excluding hydrogens is 406 g/mol. The van der Waals surface area contributed by atoms with E-state index in [-0.39, 0.29) is 19.5 Å². The topological polar surface area (TPSA) is 100 Å². The second-order valence-electron chi connectivity index (χ2n) is 7.73. The summed E-state index contributed by atoms with van der Waals surface area (Å²) in [7, 11) is 1.63. The van der Waals surface area contributed by atoms with E-state index >= 15 is 0 Å². The molecule has 0 radical (unpaired) electrons. The number of nitrogens with zero attached hydrogens (tertiary/aromatic N) is 2. The Morgan fingerprint density at radius 1 is 1.26 bits per heavy atom. The number of carbonyl (C=O) groups is 1. The van der Waals surface area contributed by atoms with Crippen LogP contribution in [0.3, 0.4) is 0 Å². The molecule has 3 aromatic rings. The highest BCUT2D eigenvalue weighted by Gasteiger charge is 2.52. The molecule has 9 heteroatoms. The molecule has 2 heterocycles. The zero-order valence-electron chi connectivity index (χ0n) is 16.7. The fourth-order valence-electron chi connectivity index (χ4n) is 3.61. The third-order valence-corrected chi connectivity index (χ3v) is 5.73. The third kappa shape index (κ3) is 3.70. The van der Waals surface area contributed by atoms with Crippen molar-refractivity contribution in [3.8, 4) is 17.2 Å². The second-order valence-corrected chi connectivity index (χ2v) is 7.73. The summed E-state index contributed by atoms with van der Waals surface area (Å²) in [4.78, 5) is 24.0. The molecule has 4 rings (SSSR count). The smallest absolute Gasteiger partial charge is 0.408 e. The molecule has 0 unspecified atom stereocenters. The highest BCUT2D eigenvalue weighted by molar-refractivity contribution is 5.85. The van der Waals surface area contributed by atoms with Gasteiger partial charge in [0.25, 0.3) is 6.43 Å². The lowest BCUT2D eigenvalue weighted by molar-refractivity contribution is -0.146. The van der Waals surface area contributed by atoms with E-state index in [1.54, 1.807) is 13.1 Å². The van der Waals surface area contributed by atoms with E-state index < -0.39 is 29.5 Å². The van der Waals surface area contributed by atoms with Crippen LogP contribution in [0.1, 0.15) is 5.56 Å². The van der Waals surface area contributed by atoms with Crippen LogP contribution < -0.4 is 16.4 Å². The van der Waals surface area contributed by atoms with Gasteiger partial charge in [0.15, 0.2) is 5.58 Å². The van der Waals surface area contributed by atoms with Gasteiger partial charge in [0.05, 0.1) is 11.6 Å². The van der Waals surface area contributed by atoms with Gasteiger partial charge < -0.3 is 15.1 Å². The Hall–Kier alpha value is -3.51. The summed E-state index contributed by atoms with van der Waals surface area (Å²) in [6.45, 7) is -0.202. The number of nitrogens with one attached hydrogen (secondary N) is 2. The number of nitriles is 1. The lowest BCUT2D eigenvalue weighted by atomic mass is 9.81. The molecule has 1 aliphatic rings. The summed E-state index contributed by atoms with van der Waals surface area (Å²) < 4.78 is 33.1. The van der Waals surface area contributed by atoms with Crippen molar-refractivity contribution >= 4 is 17.0 Å². The number of benzene rings is 2. The van der Waals surface area contributed by atoms with Crippen LogP contribution in [0.25, 0.3) is 22.2 Å². The molecule has 1 aromatic heterocycles. The van der Waals surface area contributed by atoms with E-state index in [1.807, 2.05) is 42.5 Å². The molecule has 31 heavy (non-hydrogen) atoms. The molecule has 2 aromatic carbocycles. The first kappa shape index (κ1) is 20.8. The van der Waals surface area contributed by atoms with Crippen molar-refractivity contribution < 1.29 is 18.0 Å². The Bertz CT molecular complexity index is 1220. The maximum absolute atomic E-state index is 13.3. The van der Waals surface area contributed by atoms with Crippen molar-refractivity contribution in [2.24, 2.45) is 12.5 Å². The number of hydrogen-bond donors (Lipinski definition) is 2. The molecule has 2 N–H and O–H groups in total. The molecule has 1 atom stereocenters. The number of alkyl halides is 2. The predicted molar refractivity (Wildman–Crippen MR) is 109 cm³/mol. The van der Waals surface area contributed by atoms with Gasteiger partial charge in [0.2, 0.25) is 5.91 Å². The zero-order chi connectivity index (χ0) is 22.2. The van der Waals surface area contributed by atoms with Crippen molar-refractivity contribution in [1.29, 1.82) is 5.26 Å². The highest BCUT2D eigenvalue weighted by atomic mass is 19.3. The molecule has 7 nitrogen and oxygen atoms in total. The second kappa shape index (κ2) is 7.96. The summed E-state index contributed by atoms with van der Waals surface area (Å²) in [5.41, 5.74) is 1.99. The SMILES string of the molecule is Cn1c(=O)oc2ccc(-c3ccc(C[C@@H](C#N)NC(=O)C4(C(F)F)CNC4)cc3)cc21. The summed E-state index contributed by atoms with van der Waals surface area (Å²) in [5.74, 6) is -1.23. The summed E-state index contributed by atoms with van der Waals surface area (Å²) in [6, 6.07) is 13.9. The lowest BCUT2D eigenvalue weighted by Crippen LogP contribution is -2.66. The van der Waals surface area contributed by atoms with Gasteiger partial charge in [-0.2, -0.15) is 5.26 Å². The van der Waals surface area contributed by atoms with Gasteiger partial charge in [-0.1, -0.05) is 30.3 Å². The normalized spacial score (nSPS) is 16.0. The number of aryl methyl sites for hydroxylation is 1. The van der Waals surface area contributed by atoms with Crippen LogP contribution in [0, 0.1) is 16.7 Å². The Morgan fingerprint density at radius 2 is 1.94 bits per heavy atom. The number of oxazole rings is 1. The highest BCUT2D eigenvalue weighted by Crippen LogP contribution is 2.31. The number of fused-ring (bicyclic) bond motifs is 1. The number of carbonyl (C=O) groups excluding carboxylic acids is 1. The van der Waals surface area contributed by atoms with Crippen molar-refractivity contribution in [1.82, 2.24) is 15.2 Å². The Balaban J connectivity index is 1.48. The molecule has 0 bridgehead atoms. The summed E-state index contributed by atoms with van der Waals surface area (Å²) >= 11 is 0. The fourth-order valence-corrected chi connectivity index (χ4v) is 3.61. The van der Waals surface area contributed by atoms with E-state index in [0.29, 0.717) is 11.1 Å². The van der Waals surface area contributed by atoms with Crippen LogP contribution in [-0.2, 0) is 18.3 Å². The standard InChI is InChI=1S/C22H20F2N4O3/c1-28-17-9-15(6-7-18(17)31-21(28)30)14-4-2-13(3-5-14)8-16(10-25)27-20(29)22(19(23)24)11-26-12-22/h2-7,9,16,19,26H,8,11-12H2,1H3,(H,27,29)/t16-/m0/s1.